The van der Waals surface area contributed by atoms with Gasteiger partial charge in [0.05, 0.1) is 10.4 Å². The molecule has 1 amide bonds. The molecule has 1 aliphatic carbocycles. The predicted octanol–water partition coefficient (Wildman–Crippen LogP) is 2.61. The van der Waals surface area contributed by atoms with Gasteiger partial charge in [0.25, 0.3) is 0 Å². The summed E-state index contributed by atoms with van der Waals surface area (Å²) in [4.78, 5) is 11.5. The molecule has 1 saturated carbocycles. The first-order valence-electron chi connectivity index (χ1n) is 6.65. The third-order valence-corrected chi connectivity index (χ3v) is 4.91. The minimum absolute atomic E-state index is 0.0152. The van der Waals surface area contributed by atoms with Crippen LogP contribution < -0.4 is 5.32 Å². The Labute approximate surface area is 112 Å². The number of carbonyl (C=O) groups is 1. The van der Waals surface area contributed by atoms with Crippen molar-refractivity contribution in [2.75, 3.05) is 6.54 Å². The molecule has 3 nitrogen and oxygen atoms in total. The van der Waals surface area contributed by atoms with E-state index in [0.717, 1.165) is 38.0 Å². The molecule has 1 aliphatic rings. The van der Waals surface area contributed by atoms with Gasteiger partial charge >= 0.3 is 0 Å². The summed E-state index contributed by atoms with van der Waals surface area (Å²) < 4.78 is 0. The van der Waals surface area contributed by atoms with E-state index >= 15 is 0 Å². The molecule has 100 valence electrons. The lowest BCUT2D eigenvalue weighted by atomic mass is 9.78. The van der Waals surface area contributed by atoms with Crippen LogP contribution in [0.5, 0.6) is 0 Å². The summed E-state index contributed by atoms with van der Waals surface area (Å²) in [6.45, 7) is 4.55. The maximum atomic E-state index is 11.6. The van der Waals surface area contributed by atoms with Gasteiger partial charge in [0, 0.05) is 6.54 Å². The molecule has 1 fully saturated rings. The second-order valence-electron chi connectivity index (χ2n) is 5.17. The highest BCUT2D eigenvalue weighted by atomic mass is 79.9. The zero-order valence-corrected chi connectivity index (χ0v) is 12.4. The van der Waals surface area contributed by atoms with Crippen LogP contribution in [-0.4, -0.2) is 28.0 Å². The number of aliphatic hydroxyl groups is 1. The van der Waals surface area contributed by atoms with E-state index in [9.17, 15) is 9.90 Å². The quantitative estimate of drug-likeness (QED) is 0.767. The molecule has 0 aromatic heterocycles. The minimum Gasteiger partial charge on any atom is -0.388 e. The van der Waals surface area contributed by atoms with E-state index in [2.05, 4.69) is 28.2 Å². The lowest BCUT2D eigenvalue weighted by Crippen LogP contribution is -2.46. The van der Waals surface area contributed by atoms with Crippen molar-refractivity contribution in [2.24, 2.45) is 5.92 Å². The van der Waals surface area contributed by atoms with Crippen molar-refractivity contribution in [3.8, 4) is 0 Å². The molecular weight excluding hydrogens is 282 g/mol. The van der Waals surface area contributed by atoms with E-state index in [0.29, 0.717) is 6.54 Å². The molecule has 0 aliphatic heterocycles. The molecule has 1 rings (SSSR count). The largest absolute Gasteiger partial charge is 0.388 e. The van der Waals surface area contributed by atoms with Crippen molar-refractivity contribution in [2.45, 2.75) is 62.8 Å². The van der Waals surface area contributed by atoms with E-state index in [-0.39, 0.29) is 10.7 Å². The summed E-state index contributed by atoms with van der Waals surface area (Å²) >= 11 is 3.31. The third kappa shape index (κ3) is 4.59. The molecule has 0 bridgehead atoms. The van der Waals surface area contributed by atoms with Crippen molar-refractivity contribution in [1.29, 1.82) is 0 Å². The SMILES string of the molecule is CCC1CCC(O)(CNC(=O)C(Br)CC)CC1. The molecule has 1 unspecified atom stereocenters. The van der Waals surface area contributed by atoms with Gasteiger partial charge in [-0.3, -0.25) is 4.79 Å². The van der Waals surface area contributed by atoms with Crippen LogP contribution in [0.2, 0.25) is 0 Å². The maximum Gasteiger partial charge on any atom is 0.233 e. The molecule has 17 heavy (non-hydrogen) atoms. The first-order valence-corrected chi connectivity index (χ1v) is 7.56. The van der Waals surface area contributed by atoms with Gasteiger partial charge in [-0.15, -0.1) is 0 Å². The Hall–Kier alpha value is -0.0900. The molecule has 0 aromatic carbocycles. The average molecular weight is 306 g/mol. The summed E-state index contributed by atoms with van der Waals surface area (Å²) in [6.07, 6.45) is 5.74. The standard InChI is InChI=1S/C13H24BrNO2/c1-3-10-5-7-13(17,8-6-10)9-15-12(16)11(14)4-2/h10-11,17H,3-9H2,1-2H3,(H,15,16). The van der Waals surface area contributed by atoms with Crippen molar-refractivity contribution in [3.05, 3.63) is 0 Å². The fourth-order valence-electron chi connectivity index (χ4n) is 2.35. The van der Waals surface area contributed by atoms with Gasteiger partial charge in [0.15, 0.2) is 0 Å². The topological polar surface area (TPSA) is 49.3 Å². The summed E-state index contributed by atoms with van der Waals surface area (Å²) in [5.74, 6) is 0.740. The minimum atomic E-state index is -0.679. The molecule has 0 aromatic rings. The summed E-state index contributed by atoms with van der Waals surface area (Å²) in [5, 5.41) is 13.2. The zero-order chi connectivity index (χ0) is 12.9. The number of carbonyl (C=O) groups excluding carboxylic acids is 1. The Morgan fingerprint density at radius 3 is 2.53 bits per heavy atom. The number of hydrogen-bond donors (Lipinski definition) is 2. The summed E-state index contributed by atoms with van der Waals surface area (Å²) in [5.41, 5.74) is -0.679. The van der Waals surface area contributed by atoms with Crippen LogP contribution in [0.25, 0.3) is 0 Å². The van der Waals surface area contributed by atoms with Crippen LogP contribution >= 0.6 is 15.9 Å². The molecule has 0 radical (unpaired) electrons. The molecule has 4 heteroatoms. The lowest BCUT2D eigenvalue weighted by molar-refractivity contribution is -0.122. The predicted molar refractivity (Wildman–Crippen MR) is 73.2 cm³/mol. The van der Waals surface area contributed by atoms with Gasteiger partial charge in [-0.25, -0.2) is 0 Å². The van der Waals surface area contributed by atoms with Gasteiger partial charge in [-0.1, -0.05) is 36.2 Å². The highest BCUT2D eigenvalue weighted by Gasteiger charge is 2.33. The second-order valence-corrected chi connectivity index (χ2v) is 6.27. The summed E-state index contributed by atoms with van der Waals surface area (Å²) in [7, 11) is 0. The van der Waals surface area contributed by atoms with Crippen LogP contribution in [0.1, 0.15) is 52.4 Å². The smallest absolute Gasteiger partial charge is 0.233 e. The van der Waals surface area contributed by atoms with Crippen LogP contribution in [0.15, 0.2) is 0 Å². The highest BCUT2D eigenvalue weighted by molar-refractivity contribution is 9.10. The van der Waals surface area contributed by atoms with Crippen LogP contribution in [-0.2, 0) is 4.79 Å². The molecule has 0 spiro atoms. The fraction of sp³-hybridized carbons (Fsp3) is 0.923. The van der Waals surface area contributed by atoms with Gasteiger partial charge in [0.1, 0.15) is 0 Å². The fourth-order valence-corrected chi connectivity index (χ4v) is 2.51. The first-order chi connectivity index (χ1) is 8.00. The first kappa shape index (κ1) is 15.0. The number of rotatable bonds is 5. The molecular formula is C13H24BrNO2. The van der Waals surface area contributed by atoms with E-state index in [1.807, 2.05) is 6.92 Å². The van der Waals surface area contributed by atoms with Gasteiger partial charge in [0.2, 0.25) is 5.91 Å². The normalized spacial score (nSPS) is 30.9. The number of nitrogens with one attached hydrogen (secondary N) is 1. The average Bonchev–Trinajstić information content (AvgIpc) is 2.36. The van der Waals surface area contributed by atoms with Crippen molar-refractivity contribution >= 4 is 21.8 Å². The second kappa shape index (κ2) is 6.74. The number of amides is 1. The number of hydrogen-bond acceptors (Lipinski definition) is 2. The van der Waals surface area contributed by atoms with E-state index in [4.69, 9.17) is 0 Å². The lowest BCUT2D eigenvalue weighted by Gasteiger charge is -2.36. The van der Waals surface area contributed by atoms with Crippen molar-refractivity contribution < 1.29 is 9.90 Å². The van der Waals surface area contributed by atoms with Crippen molar-refractivity contribution in [1.82, 2.24) is 5.32 Å². The maximum absolute atomic E-state index is 11.6. The van der Waals surface area contributed by atoms with Crippen LogP contribution in [0.3, 0.4) is 0 Å². The molecule has 0 saturated heterocycles. The Morgan fingerprint density at radius 1 is 1.47 bits per heavy atom. The van der Waals surface area contributed by atoms with Crippen LogP contribution in [0.4, 0.5) is 0 Å². The Kier molecular flexibility index (Phi) is 5.93. The molecule has 0 heterocycles. The number of halogens is 1. The Balaban J connectivity index is 2.34. The monoisotopic (exact) mass is 305 g/mol. The number of alkyl halides is 1. The Bertz CT molecular complexity index is 250. The van der Waals surface area contributed by atoms with Crippen molar-refractivity contribution in [3.63, 3.8) is 0 Å². The van der Waals surface area contributed by atoms with Crippen LogP contribution in [0, 0.1) is 5.92 Å². The highest BCUT2D eigenvalue weighted by Crippen LogP contribution is 2.33. The summed E-state index contributed by atoms with van der Waals surface area (Å²) in [6, 6.07) is 0. The molecule has 1 atom stereocenters. The third-order valence-electron chi connectivity index (χ3n) is 3.85. The van der Waals surface area contributed by atoms with Gasteiger partial charge < -0.3 is 10.4 Å². The van der Waals surface area contributed by atoms with E-state index in [1.54, 1.807) is 0 Å². The zero-order valence-electron chi connectivity index (χ0n) is 10.8. The van der Waals surface area contributed by atoms with Gasteiger partial charge in [-0.2, -0.15) is 0 Å². The Morgan fingerprint density at radius 2 is 2.06 bits per heavy atom. The molecule has 2 N–H and O–H groups in total. The van der Waals surface area contributed by atoms with Gasteiger partial charge in [-0.05, 0) is 38.0 Å². The van der Waals surface area contributed by atoms with E-state index in [1.165, 1.54) is 6.42 Å². The van der Waals surface area contributed by atoms with E-state index < -0.39 is 5.60 Å².